The number of carbonyl (C=O) groups excluding carboxylic acids is 1. The zero-order chi connectivity index (χ0) is 12.7. The molecular formula is C11H11F3N2O. The summed E-state index contributed by atoms with van der Waals surface area (Å²) < 4.78 is 39.7. The van der Waals surface area contributed by atoms with Crippen LogP contribution in [-0.4, -0.2) is 11.9 Å². The molecular weight excluding hydrogens is 233 g/mol. The smallest absolute Gasteiger partial charge is 0.224 e. The molecule has 1 aliphatic carbocycles. The topological polar surface area (TPSA) is 46.3 Å². The van der Waals surface area contributed by atoms with Crippen LogP contribution in [0.3, 0.4) is 0 Å². The SMILES string of the molecule is CC(=O)N(c1c(N)cc(F)c(F)c1F)C1CC1. The highest BCUT2D eigenvalue weighted by atomic mass is 19.2. The Labute approximate surface area is 96.0 Å². The van der Waals surface area contributed by atoms with Crippen molar-refractivity contribution in [1.29, 1.82) is 0 Å². The average molecular weight is 244 g/mol. The van der Waals surface area contributed by atoms with E-state index in [0.29, 0.717) is 18.9 Å². The molecule has 1 aliphatic rings. The Hall–Kier alpha value is -1.72. The lowest BCUT2D eigenvalue weighted by atomic mass is 10.2. The number of rotatable bonds is 2. The molecule has 1 aromatic rings. The van der Waals surface area contributed by atoms with Crippen molar-refractivity contribution in [3.8, 4) is 0 Å². The molecule has 1 aromatic carbocycles. The average Bonchev–Trinajstić information content (AvgIpc) is 3.04. The summed E-state index contributed by atoms with van der Waals surface area (Å²) in [5, 5.41) is 0. The van der Waals surface area contributed by atoms with Gasteiger partial charge in [0, 0.05) is 19.0 Å². The molecule has 0 heterocycles. The highest BCUT2D eigenvalue weighted by Gasteiger charge is 2.36. The first-order valence-electron chi connectivity index (χ1n) is 5.16. The summed E-state index contributed by atoms with van der Waals surface area (Å²) >= 11 is 0. The van der Waals surface area contributed by atoms with Crippen molar-refractivity contribution in [2.75, 3.05) is 10.6 Å². The summed E-state index contributed by atoms with van der Waals surface area (Å²) in [7, 11) is 0. The highest BCUT2D eigenvalue weighted by Crippen LogP contribution is 2.38. The minimum absolute atomic E-state index is 0.172. The van der Waals surface area contributed by atoms with Crippen molar-refractivity contribution in [3.63, 3.8) is 0 Å². The first-order chi connectivity index (χ1) is 7.93. The van der Waals surface area contributed by atoms with E-state index in [1.165, 1.54) is 6.92 Å². The number of anilines is 2. The van der Waals surface area contributed by atoms with E-state index < -0.39 is 23.4 Å². The first kappa shape index (κ1) is 11.8. The number of hydrogen-bond acceptors (Lipinski definition) is 2. The Balaban J connectivity index is 2.57. The van der Waals surface area contributed by atoms with Crippen molar-refractivity contribution in [2.24, 2.45) is 0 Å². The number of hydrogen-bond donors (Lipinski definition) is 1. The van der Waals surface area contributed by atoms with Crippen LogP contribution in [0.5, 0.6) is 0 Å². The van der Waals surface area contributed by atoms with Gasteiger partial charge in [0.25, 0.3) is 0 Å². The fourth-order valence-electron chi connectivity index (χ4n) is 1.78. The van der Waals surface area contributed by atoms with Crippen molar-refractivity contribution in [3.05, 3.63) is 23.5 Å². The quantitative estimate of drug-likeness (QED) is 0.640. The van der Waals surface area contributed by atoms with Gasteiger partial charge in [0.1, 0.15) is 5.69 Å². The third-order valence-electron chi connectivity index (χ3n) is 2.66. The molecule has 2 rings (SSSR count). The Morgan fingerprint density at radius 3 is 2.41 bits per heavy atom. The molecule has 0 saturated heterocycles. The fourth-order valence-corrected chi connectivity index (χ4v) is 1.78. The molecule has 1 saturated carbocycles. The predicted octanol–water partition coefficient (Wildman–Crippen LogP) is 2.20. The van der Waals surface area contributed by atoms with Gasteiger partial charge in [-0.3, -0.25) is 4.79 Å². The molecule has 0 aliphatic heterocycles. The lowest BCUT2D eigenvalue weighted by Gasteiger charge is -2.23. The second kappa shape index (κ2) is 3.94. The van der Waals surface area contributed by atoms with Crippen LogP contribution in [0.2, 0.25) is 0 Å². The number of nitrogen functional groups attached to an aromatic ring is 1. The largest absolute Gasteiger partial charge is 0.397 e. The zero-order valence-electron chi connectivity index (χ0n) is 9.14. The van der Waals surface area contributed by atoms with E-state index in [1.807, 2.05) is 0 Å². The standard InChI is InChI=1S/C11H11F3N2O/c1-5(17)16(6-2-3-6)11-8(15)4-7(12)9(13)10(11)14/h4,6H,2-3,15H2,1H3. The maximum atomic E-state index is 13.6. The molecule has 0 aromatic heterocycles. The summed E-state index contributed by atoms with van der Waals surface area (Å²) in [6.07, 6.45) is 1.41. The molecule has 1 fully saturated rings. The number of benzene rings is 1. The lowest BCUT2D eigenvalue weighted by molar-refractivity contribution is -0.116. The summed E-state index contributed by atoms with van der Waals surface area (Å²) in [6.45, 7) is 1.23. The zero-order valence-corrected chi connectivity index (χ0v) is 9.14. The summed E-state index contributed by atoms with van der Waals surface area (Å²) in [4.78, 5) is 12.5. The van der Waals surface area contributed by atoms with Crippen molar-refractivity contribution in [1.82, 2.24) is 0 Å². The lowest BCUT2D eigenvalue weighted by Crippen LogP contribution is -2.32. The van der Waals surface area contributed by atoms with Gasteiger partial charge in [0.15, 0.2) is 17.5 Å². The van der Waals surface area contributed by atoms with Gasteiger partial charge < -0.3 is 10.6 Å². The van der Waals surface area contributed by atoms with E-state index in [0.717, 1.165) is 4.90 Å². The second-order valence-electron chi connectivity index (χ2n) is 4.04. The van der Waals surface area contributed by atoms with E-state index in [9.17, 15) is 18.0 Å². The van der Waals surface area contributed by atoms with Crippen molar-refractivity contribution < 1.29 is 18.0 Å². The van der Waals surface area contributed by atoms with Gasteiger partial charge in [-0.1, -0.05) is 0 Å². The molecule has 0 radical (unpaired) electrons. The van der Waals surface area contributed by atoms with Gasteiger partial charge in [-0.2, -0.15) is 0 Å². The van der Waals surface area contributed by atoms with Crippen LogP contribution >= 0.6 is 0 Å². The van der Waals surface area contributed by atoms with Crippen LogP contribution in [-0.2, 0) is 4.79 Å². The van der Waals surface area contributed by atoms with E-state index >= 15 is 0 Å². The number of nitrogens with two attached hydrogens (primary N) is 1. The number of carbonyl (C=O) groups is 1. The fraction of sp³-hybridized carbons (Fsp3) is 0.364. The van der Waals surface area contributed by atoms with Crippen LogP contribution in [0.1, 0.15) is 19.8 Å². The number of amides is 1. The third kappa shape index (κ3) is 1.94. The second-order valence-corrected chi connectivity index (χ2v) is 4.04. The molecule has 17 heavy (non-hydrogen) atoms. The van der Waals surface area contributed by atoms with Gasteiger partial charge in [-0.15, -0.1) is 0 Å². The number of halogens is 3. The van der Waals surface area contributed by atoms with Crippen LogP contribution in [0.15, 0.2) is 6.07 Å². The summed E-state index contributed by atoms with van der Waals surface area (Å²) in [5.41, 5.74) is 4.82. The molecule has 0 unspecified atom stereocenters. The first-order valence-corrected chi connectivity index (χ1v) is 5.16. The normalized spacial score (nSPS) is 14.8. The molecule has 6 heteroatoms. The van der Waals surface area contributed by atoms with Crippen LogP contribution in [0, 0.1) is 17.5 Å². The summed E-state index contributed by atoms with van der Waals surface area (Å²) in [6, 6.07) is 0.515. The molecule has 0 atom stereocenters. The third-order valence-corrected chi connectivity index (χ3v) is 2.66. The van der Waals surface area contributed by atoms with Crippen LogP contribution < -0.4 is 10.6 Å². The Kier molecular flexibility index (Phi) is 2.73. The van der Waals surface area contributed by atoms with Crippen LogP contribution in [0.25, 0.3) is 0 Å². The van der Waals surface area contributed by atoms with Crippen molar-refractivity contribution >= 4 is 17.3 Å². The van der Waals surface area contributed by atoms with Gasteiger partial charge in [-0.05, 0) is 12.8 Å². The summed E-state index contributed by atoms with van der Waals surface area (Å²) in [5.74, 6) is -4.82. The molecule has 3 nitrogen and oxygen atoms in total. The maximum absolute atomic E-state index is 13.6. The molecule has 92 valence electrons. The number of nitrogens with zero attached hydrogens (tertiary/aromatic N) is 1. The highest BCUT2D eigenvalue weighted by molar-refractivity contribution is 5.96. The molecule has 1 amide bonds. The van der Waals surface area contributed by atoms with Crippen molar-refractivity contribution in [2.45, 2.75) is 25.8 Å². The van der Waals surface area contributed by atoms with Gasteiger partial charge >= 0.3 is 0 Å². The molecule has 0 spiro atoms. The Morgan fingerprint density at radius 2 is 1.94 bits per heavy atom. The predicted molar refractivity (Wildman–Crippen MR) is 56.9 cm³/mol. The van der Waals surface area contributed by atoms with E-state index in [1.54, 1.807) is 0 Å². The van der Waals surface area contributed by atoms with Gasteiger partial charge in [0.05, 0.1) is 5.69 Å². The van der Waals surface area contributed by atoms with E-state index in [4.69, 9.17) is 5.73 Å². The van der Waals surface area contributed by atoms with E-state index in [-0.39, 0.29) is 17.4 Å². The minimum atomic E-state index is -1.61. The van der Waals surface area contributed by atoms with Gasteiger partial charge in [0.2, 0.25) is 5.91 Å². The molecule has 2 N–H and O–H groups in total. The Morgan fingerprint density at radius 1 is 1.35 bits per heavy atom. The Bertz CT molecular complexity index is 486. The van der Waals surface area contributed by atoms with Crippen LogP contribution in [0.4, 0.5) is 24.5 Å². The maximum Gasteiger partial charge on any atom is 0.224 e. The minimum Gasteiger partial charge on any atom is -0.397 e. The molecule has 0 bridgehead atoms. The van der Waals surface area contributed by atoms with E-state index in [2.05, 4.69) is 0 Å². The monoisotopic (exact) mass is 244 g/mol. The van der Waals surface area contributed by atoms with Gasteiger partial charge in [-0.25, -0.2) is 13.2 Å².